The predicted molar refractivity (Wildman–Crippen MR) is 90.0 cm³/mol. The molecule has 1 aromatic carbocycles. The van der Waals surface area contributed by atoms with E-state index in [9.17, 15) is 0 Å². The summed E-state index contributed by atoms with van der Waals surface area (Å²) >= 11 is 1.31. The second-order valence-electron chi connectivity index (χ2n) is 5.07. The highest BCUT2D eigenvalue weighted by atomic mass is 32.1. The van der Waals surface area contributed by atoms with Crippen molar-refractivity contribution in [2.75, 3.05) is 19.0 Å². The fraction of sp³-hybridized carbons (Fsp3) is 0.375. The molecule has 0 radical (unpaired) electrons. The Hall–Kier alpha value is -2.12. The molecule has 6 nitrogen and oxygen atoms in total. The molecule has 0 aliphatic carbocycles. The molecule has 1 N–H and O–H groups in total. The second-order valence-corrected chi connectivity index (χ2v) is 5.82. The van der Waals surface area contributed by atoms with Crippen LogP contribution in [0.1, 0.15) is 31.5 Å². The van der Waals surface area contributed by atoms with E-state index < -0.39 is 0 Å². The van der Waals surface area contributed by atoms with E-state index >= 15 is 0 Å². The van der Waals surface area contributed by atoms with Crippen LogP contribution in [0.15, 0.2) is 28.7 Å². The molecule has 0 aliphatic rings. The molecule has 3 aromatic rings. The van der Waals surface area contributed by atoms with Gasteiger partial charge in [0.25, 0.3) is 0 Å². The van der Waals surface area contributed by atoms with E-state index in [4.69, 9.17) is 13.9 Å². The molecular formula is C16H19N3O3S. The number of fused-ring (bicyclic) bond motifs is 1. The number of ether oxygens (including phenoxy) is 2. The Bertz CT molecular complexity index is 784. The Balaban J connectivity index is 1.79. The van der Waals surface area contributed by atoms with Gasteiger partial charge in [-0.2, -0.15) is 4.37 Å². The van der Waals surface area contributed by atoms with E-state index in [2.05, 4.69) is 14.7 Å². The van der Waals surface area contributed by atoms with Crippen molar-refractivity contribution in [3.05, 3.63) is 35.9 Å². The fourth-order valence-corrected chi connectivity index (χ4v) is 2.96. The highest BCUT2D eigenvalue weighted by Gasteiger charge is 2.15. The van der Waals surface area contributed by atoms with Gasteiger partial charge in [-0.3, -0.25) is 0 Å². The molecule has 0 bridgehead atoms. The van der Waals surface area contributed by atoms with Crippen molar-refractivity contribution in [1.82, 2.24) is 9.36 Å². The molecule has 7 heteroatoms. The summed E-state index contributed by atoms with van der Waals surface area (Å²) in [6.07, 6.45) is 0. The summed E-state index contributed by atoms with van der Waals surface area (Å²) in [7, 11) is 1.63. The van der Waals surface area contributed by atoms with Gasteiger partial charge in [0.05, 0.1) is 12.6 Å². The third kappa shape index (κ3) is 3.46. The van der Waals surface area contributed by atoms with Gasteiger partial charge in [0.15, 0.2) is 17.2 Å². The summed E-state index contributed by atoms with van der Waals surface area (Å²) in [6, 6.07) is 7.89. The van der Waals surface area contributed by atoms with Crippen LogP contribution in [0, 0.1) is 0 Å². The molecule has 0 fully saturated rings. The number of hydrogen-bond donors (Lipinski definition) is 1. The maximum absolute atomic E-state index is 5.98. The van der Waals surface area contributed by atoms with Crippen LogP contribution < -0.4 is 10.1 Å². The average Bonchev–Trinajstić information content (AvgIpc) is 3.15. The number of methoxy groups -OCH3 is 1. The minimum Gasteiger partial charge on any atom is -0.490 e. The van der Waals surface area contributed by atoms with E-state index in [0.29, 0.717) is 19.0 Å². The van der Waals surface area contributed by atoms with Crippen LogP contribution in [0.2, 0.25) is 0 Å². The quantitative estimate of drug-likeness (QED) is 0.705. The van der Waals surface area contributed by atoms with Gasteiger partial charge in [-0.25, -0.2) is 4.98 Å². The summed E-state index contributed by atoms with van der Waals surface area (Å²) in [5, 5.41) is 5.07. The molecule has 3 rings (SSSR count). The standard InChI is InChI=1S/C16H19N3O3S/c1-4-21-12-7-5-6-11-8-13(22-15(11)12)10(2)17-16-18-14(9-20-3)19-23-16/h5-8,10H,4,9H2,1-3H3,(H,17,18,19). The predicted octanol–water partition coefficient (Wildman–Crippen LogP) is 4.00. The Kier molecular flexibility index (Phi) is 4.78. The van der Waals surface area contributed by atoms with Crippen LogP contribution >= 0.6 is 11.5 Å². The summed E-state index contributed by atoms with van der Waals surface area (Å²) in [6.45, 7) is 5.00. The molecule has 0 saturated heterocycles. The number of furan rings is 1. The van der Waals surface area contributed by atoms with Gasteiger partial charge in [-0.1, -0.05) is 12.1 Å². The van der Waals surface area contributed by atoms with E-state index in [1.165, 1.54) is 11.5 Å². The number of para-hydroxylation sites is 1. The maximum Gasteiger partial charge on any atom is 0.203 e. The molecule has 2 aromatic heterocycles. The molecule has 0 spiro atoms. The molecule has 2 heterocycles. The first-order valence-electron chi connectivity index (χ1n) is 7.44. The molecule has 23 heavy (non-hydrogen) atoms. The van der Waals surface area contributed by atoms with Crippen LogP contribution in [0.25, 0.3) is 11.0 Å². The van der Waals surface area contributed by atoms with E-state index in [1.807, 2.05) is 38.1 Å². The lowest BCUT2D eigenvalue weighted by Crippen LogP contribution is -2.05. The molecule has 0 saturated carbocycles. The Morgan fingerprint density at radius 2 is 2.26 bits per heavy atom. The van der Waals surface area contributed by atoms with Crippen LogP contribution in [-0.2, 0) is 11.3 Å². The number of nitrogens with one attached hydrogen (secondary N) is 1. The lowest BCUT2D eigenvalue weighted by atomic mass is 10.2. The van der Waals surface area contributed by atoms with Gasteiger partial charge < -0.3 is 19.2 Å². The van der Waals surface area contributed by atoms with Crippen molar-refractivity contribution < 1.29 is 13.9 Å². The topological polar surface area (TPSA) is 69.4 Å². The number of aromatic nitrogens is 2. The molecule has 0 aliphatic heterocycles. The largest absolute Gasteiger partial charge is 0.490 e. The first-order valence-corrected chi connectivity index (χ1v) is 8.22. The molecular weight excluding hydrogens is 314 g/mol. The van der Waals surface area contributed by atoms with Crippen LogP contribution in [0.4, 0.5) is 5.13 Å². The van der Waals surface area contributed by atoms with Crippen LogP contribution in [0.3, 0.4) is 0 Å². The van der Waals surface area contributed by atoms with E-state index in [-0.39, 0.29) is 6.04 Å². The number of anilines is 1. The van der Waals surface area contributed by atoms with Crippen LogP contribution in [0.5, 0.6) is 5.75 Å². The number of hydrogen-bond acceptors (Lipinski definition) is 7. The smallest absolute Gasteiger partial charge is 0.203 e. The first-order chi connectivity index (χ1) is 11.2. The van der Waals surface area contributed by atoms with E-state index in [0.717, 1.165) is 27.6 Å². The van der Waals surface area contributed by atoms with Crippen molar-refractivity contribution in [2.24, 2.45) is 0 Å². The van der Waals surface area contributed by atoms with Gasteiger partial charge in [-0.05, 0) is 26.0 Å². The number of nitrogens with zero attached hydrogens (tertiary/aromatic N) is 2. The minimum atomic E-state index is -0.0276. The van der Waals surface area contributed by atoms with Gasteiger partial charge in [0, 0.05) is 24.0 Å². The Labute approximate surface area is 138 Å². The SMILES string of the molecule is CCOc1cccc2cc(C(C)Nc3nc(COC)ns3)oc12. The van der Waals surface area contributed by atoms with Gasteiger partial charge >= 0.3 is 0 Å². The molecule has 122 valence electrons. The van der Waals surface area contributed by atoms with Crippen molar-refractivity contribution in [2.45, 2.75) is 26.5 Å². The fourth-order valence-electron chi connectivity index (χ4n) is 2.30. The van der Waals surface area contributed by atoms with Gasteiger partial charge in [0.1, 0.15) is 12.4 Å². The zero-order chi connectivity index (χ0) is 16.2. The lowest BCUT2D eigenvalue weighted by Gasteiger charge is -2.09. The maximum atomic E-state index is 5.98. The zero-order valence-electron chi connectivity index (χ0n) is 13.3. The summed E-state index contributed by atoms with van der Waals surface area (Å²) in [5.74, 6) is 2.27. The Morgan fingerprint density at radius 1 is 1.39 bits per heavy atom. The Morgan fingerprint density at radius 3 is 3.04 bits per heavy atom. The first kappa shape index (κ1) is 15.8. The second kappa shape index (κ2) is 6.97. The van der Waals surface area contributed by atoms with Crippen molar-refractivity contribution in [3.8, 4) is 5.75 Å². The summed E-state index contributed by atoms with van der Waals surface area (Å²) in [5.41, 5.74) is 0.773. The molecule has 0 amide bonds. The zero-order valence-corrected chi connectivity index (χ0v) is 14.1. The van der Waals surface area contributed by atoms with E-state index in [1.54, 1.807) is 7.11 Å². The average molecular weight is 333 g/mol. The van der Waals surface area contributed by atoms with Crippen molar-refractivity contribution in [1.29, 1.82) is 0 Å². The lowest BCUT2D eigenvalue weighted by molar-refractivity contribution is 0.179. The minimum absolute atomic E-state index is 0.0276. The highest BCUT2D eigenvalue weighted by molar-refractivity contribution is 7.09. The monoisotopic (exact) mass is 333 g/mol. The summed E-state index contributed by atoms with van der Waals surface area (Å²) < 4.78 is 20.9. The normalized spacial score (nSPS) is 12.5. The van der Waals surface area contributed by atoms with Crippen molar-refractivity contribution in [3.63, 3.8) is 0 Å². The highest BCUT2D eigenvalue weighted by Crippen LogP contribution is 2.32. The van der Waals surface area contributed by atoms with Gasteiger partial charge in [0.2, 0.25) is 5.13 Å². The molecule has 1 unspecified atom stereocenters. The van der Waals surface area contributed by atoms with Gasteiger partial charge in [-0.15, -0.1) is 0 Å². The third-order valence-electron chi connectivity index (χ3n) is 3.34. The van der Waals surface area contributed by atoms with Crippen LogP contribution in [-0.4, -0.2) is 23.1 Å². The van der Waals surface area contributed by atoms with Crippen molar-refractivity contribution >= 4 is 27.6 Å². The third-order valence-corrected chi connectivity index (χ3v) is 4.02. The molecule has 1 atom stereocenters. The summed E-state index contributed by atoms with van der Waals surface area (Å²) in [4.78, 5) is 4.37. The number of rotatable bonds is 7. The number of benzene rings is 1.